The number of aromatic nitrogens is 3. The van der Waals surface area contributed by atoms with E-state index in [1.807, 2.05) is 0 Å². The number of pyridine rings is 1. The molecule has 27 heavy (non-hydrogen) atoms. The van der Waals surface area contributed by atoms with Gasteiger partial charge in [0.1, 0.15) is 0 Å². The number of rotatable bonds is 7. The SMILES string of the molecule is C[C@H](CCOC(=N)N)c1cc(NC(=O)c2nn(C(F)F)cc2Cl)cnc1F. The molecule has 0 aliphatic carbocycles. The zero-order chi connectivity index (χ0) is 20.1. The van der Waals surface area contributed by atoms with Gasteiger partial charge in [0.15, 0.2) is 5.69 Å². The molecule has 1 amide bonds. The summed E-state index contributed by atoms with van der Waals surface area (Å²) in [5.74, 6) is -1.93. The molecular weight excluding hydrogens is 389 g/mol. The third-order valence-corrected chi connectivity index (χ3v) is 3.84. The normalized spacial score (nSPS) is 12.1. The average Bonchev–Trinajstić information content (AvgIpc) is 2.98. The summed E-state index contributed by atoms with van der Waals surface area (Å²) in [7, 11) is 0. The molecule has 0 aliphatic heterocycles. The highest BCUT2D eigenvalue weighted by atomic mass is 35.5. The van der Waals surface area contributed by atoms with Crippen LogP contribution in [0.5, 0.6) is 0 Å². The number of amidine groups is 1. The maximum absolute atomic E-state index is 14.0. The van der Waals surface area contributed by atoms with Crippen molar-refractivity contribution in [1.29, 1.82) is 5.41 Å². The Labute approximate surface area is 157 Å². The van der Waals surface area contributed by atoms with Crippen LogP contribution in [-0.4, -0.2) is 33.3 Å². The topological polar surface area (TPSA) is 119 Å². The van der Waals surface area contributed by atoms with E-state index in [0.717, 1.165) is 12.4 Å². The van der Waals surface area contributed by atoms with E-state index in [1.165, 1.54) is 6.07 Å². The molecule has 0 saturated carbocycles. The third kappa shape index (κ3) is 5.33. The van der Waals surface area contributed by atoms with Crippen molar-refractivity contribution < 1.29 is 22.7 Å². The number of hydrogen-bond donors (Lipinski definition) is 3. The van der Waals surface area contributed by atoms with Gasteiger partial charge in [-0.3, -0.25) is 10.2 Å². The lowest BCUT2D eigenvalue weighted by molar-refractivity contribution is 0.0561. The smallest absolute Gasteiger partial charge is 0.333 e. The maximum Gasteiger partial charge on any atom is 0.333 e. The van der Waals surface area contributed by atoms with Gasteiger partial charge in [-0.1, -0.05) is 18.5 Å². The number of alkyl halides is 2. The molecule has 2 rings (SSSR count). The van der Waals surface area contributed by atoms with Crippen LogP contribution >= 0.6 is 11.6 Å². The number of carbonyl (C=O) groups is 1. The molecule has 8 nitrogen and oxygen atoms in total. The molecule has 2 aromatic heterocycles. The van der Waals surface area contributed by atoms with Crippen LogP contribution in [0.3, 0.4) is 0 Å². The molecule has 1 atom stereocenters. The number of amides is 1. The van der Waals surface area contributed by atoms with Crippen LogP contribution in [0, 0.1) is 11.4 Å². The second-order valence-corrected chi connectivity index (χ2v) is 5.95. The minimum Gasteiger partial charge on any atom is -0.466 e. The first kappa shape index (κ1) is 20.5. The Morgan fingerprint density at radius 3 is 2.81 bits per heavy atom. The zero-order valence-corrected chi connectivity index (χ0v) is 14.8. The summed E-state index contributed by atoms with van der Waals surface area (Å²) < 4.78 is 44.3. The fraction of sp³-hybridized carbons (Fsp3) is 0.333. The summed E-state index contributed by atoms with van der Waals surface area (Å²) >= 11 is 5.75. The Balaban J connectivity index is 2.13. The van der Waals surface area contributed by atoms with Gasteiger partial charge in [-0.15, -0.1) is 0 Å². The largest absolute Gasteiger partial charge is 0.466 e. The molecule has 0 unspecified atom stereocenters. The van der Waals surface area contributed by atoms with Crippen molar-refractivity contribution in [3.8, 4) is 0 Å². The lowest BCUT2D eigenvalue weighted by atomic mass is 9.99. The predicted octanol–water partition coefficient (Wildman–Crippen LogP) is 3.12. The highest BCUT2D eigenvalue weighted by Gasteiger charge is 2.20. The van der Waals surface area contributed by atoms with Gasteiger partial charge in [-0.25, -0.2) is 9.67 Å². The lowest BCUT2D eigenvalue weighted by Crippen LogP contribution is -2.17. The van der Waals surface area contributed by atoms with Gasteiger partial charge in [0, 0.05) is 5.56 Å². The van der Waals surface area contributed by atoms with Gasteiger partial charge in [-0.2, -0.15) is 18.3 Å². The summed E-state index contributed by atoms with van der Waals surface area (Å²) in [5, 5.41) is 12.5. The van der Waals surface area contributed by atoms with E-state index in [-0.39, 0.29) is 33.5 Å². The lowest BCUT2D eigenvalue weighted by Gasteiger charge is -2.14. The molecule has 0 bridgehead atoms. The molecule has 0 spiro atoms. The van der Waals surface area contributed by atoms with Gasteiger partial charge in [0.2, 0.25) is 5.95 Å². The number of nitrogens with zero attached hydrogens (tertiary/aromatic N) is 3. The van der Waals surface area contributed by atoms with Crippen LogP contribution in [0.1, 0.15) is 41.9 Å². The third-order valence-electron chi connectivity index (χ3n) is 3.57. The van der Waals surface area contributed by atoms with E-state index in [9.17, 15) is 18.0 Å². The molecule has 4 N–H and O–H groups in total. The summed E-state index contributed by atoms with van der Waals surface area (Å²) in [5.41, 5.74) is 5.01. The van der Waals surface area contributed by atoms with Crippen LogP contribution in [-0.2, 0) is 4.74 Å². The molecule has 0 aliphatic rings. The number of halogens is 4. The minimum absolute atomic E-state index is 0.104. The monoisotopic (exact) mass is 404 g/mol. The Hall–Kier alpha value is -2.82. The van der Waals surface area contributed by atoms with Gasteiger partial charge >= 0.3 is 6.55 Å². The van der Waals surface area contributed by atoms with Gasteiger partial charge < -0.3 is 15.8 Å². The summed E-state index contributed by atoms with van der Waals surface area (Å²) in [4.78, 5) is 15.8. The molecule has 2 aromatic rings. The molecule has 0 fully saturated rings. The Morgan fingerprint density at radius 2 is 2.22 bits per heavy atom. The molecule has 0 aromatic carbocycles. The van der Waals surface area contributed by atoms with Crippen molar-refractivity contribution in [3.05, 3.63) is 40.7 Å². The highest BCUT2D eigenvalue weighted by Crippen LogP contribution is 2.25. The fourth-order valence-corrected chi connectivity index (χ4v) is 2.42. The van der Waals surface area contributed by atoms with E-state index in [2.05, 4.69) is 15.4 Å². The van der Waals surface area contributed by atoms with Crippen molar-refractivity contribution in [2.75, 3.05) is 11.9 Å². The first-order chi connectivity index (χ1) is 12.7. The maximum atomic E-state index is 14.0. The summed E-state index contributed by atoms with van der Waals surface area (Å²) in [6.07, 6.45) is 2.25. The predicted molar refractivity (Wildman–Crippen MR) is 91.5 cm³/mol. The number of nitrogens with two attached hydrogens (primary N) is 1. The second kappa shape index (κ2) is 8.71. The van der Waals surface area contributed by atoms with Crippen molar-refractivity contribution in [3.63, 3.8) is 0 Å². The summed E-state index contributed by atoms with van der Waals surface area (Å²) in [6, 6.07) is 0.915. The molecule has 12 heteroatoms. The van der Waals surface area contributed by atoms with Gasteiger partial charge in [-0.05, 0) is 18.4 Å². The van der Waals surface area contributed by atoms with Crippen LogP contribution in [0.2, 0.25) is 5.02 Å². The zero-order valence-electron chi connectivity index (χ0n) is 14.0. The van der Waals surface area contributed by atoms with Crippen molar-refractivity contribution in [2.24, 2.45) is 5.73 Å². The van der Waals surface area contributed by atoms with E-state index >= 15 is 0 Å². The number of hydrogen-bond acceptors (Lipinski definition) is 5. The number of nitrogens with one attached hydrogen (secondary N) is 2. The van der Waals surface area contributed by atoms with Crippen molar-refractivity contribution in [2.45, 2.75) is 25.8 Å². The number of anilines is 1. The first-order valence-electron chi connectivity index (χ1n) is 7.65. The average molecular weight is 405 g/mol. The summed E-state index contributed by atoms with van der Waals surface area (Å²) in [6.45, 7) is -1.13. The fourth-order valence-electron chi connectivity index (χ4n) is 2.19. The Bertz CT molecular complexity index is 845. The van der Waals surface area contributed by atoms with Crippen LogP contribution in [0.25, 0.3) is 0 Å². The standard InChI is InChI=1S/C15H16ClF3N6O2/c1-7(2-3-27-15(20)21)9-4-8(5-22-12(9)17)23-13(26)11-10(16)6-25(24-11)14(18)19/h4-7,14H,2-3H2,1H3,(H3,20,21)(H,23,26)/t7-/m1/s1. The van der Waals surface area contributed by atoms with Crippen LogP contribution in [0.4, 0.5) is 18.9 Å². The molecule has 0 saturated heterocycles. The number of ether oxygens (including phenoxy) is 1. The minimum atomic E-state index is -2.94. The van der Waals surface area contributed by atoms with E-state index in [4.69, 9.17) is 27.5 Å². The molecule has 146 valence electrons. The molecule has 2 heterocycles. The second-order valence-electron chi connectivity index (χ2n) is 5.54. The molecular formula is C15H16ClF3N6O2. The van der Waals surface area contributed by atoms with E-state index in [1.54, 1.807) is 6.92 Å². The van der Waals surface area contributed by atoms with Gasteiger partial charge in [0.05, 0.1) is 29.7 Å². The van der Waals surface area contributed by atoms with E-state index < -0.39 is 30.1 Å². The van der Waals surface area contributed by atoms with Gasteiger partial charge in [0.25, 0.3) is 11.9 Å². The first-order valence-corrected chi connectivity index (χ1v) is 8.03. The quantitative estimate of drug-likeness (QED) is 0.372. The van der Waals surface area contributed by atoms with Crippen molar-refractivity contribution in [1.82, 2.24) is 14.8 Å². The Kier molecular flexibility index (Phi) is 6.61. The molecule has 0 radical (unpaired) electrons. The van der Waals surface area contributed by atoms with Crippen LogP contribution in [0.15, 0.2) is 18.5 Å². The van der Waals surface area contributed by atoms with Crippen molar-refractivity contribution >= 4 is 29.2 Å². The van der Waals surface area contributed by atoms with E-state index in [0.29, 0.717) is 6.42 Å². The highest BCUT2D eigenvalue weighted by molar-refractivity contribution is 6.34. The number of carbonyl (C=O) groups excluding carboxylic acids is 1. The van der Waals surface area contributed by atoms with Crippen LogP contribution < -0.4 is 11.1 Å². The Morgan fingerprint density at radius 1 is 1.52 bits per heavy atom.